The summed E-state index contributed by atoms with van der Waals surface area (Å²) in [5.74, 6) is 0.486. The molecule has 0 rings (SSSR count). The first kappa shape index (κ1) is 9.40. The monoisotopic (exact) mass is 196 g/mol. The Morgan fingerprint density at radius 2 is 1.67 bits per heavy atom. The van der Waals surface area contributed by atoms with Gasteiger partial charge in [-0.3, -0.25) is 0 Å². The predicted octanol–water partition coefficient (Wildman–Crippen LogP) is 1.29. The highest BCUT2D eigenvalue weighted by Crippen LogP contribution is 2.01. The standard InChI is InChI=1S/C6H13BrO2/c1-8-4-6(3-7)5-9-2/h6H,3-5H2,1-2H3. The zero-order valence-corrected chi connectivity index (χ0v) is 7.48. The fourth-order valence-electron chi connectivity index (χ4n) is 0.609. The van der Waals surface area contributed by atoms with Gasteiger partial charge in [0, 0.05) is 25.5 Å². The number of ether oxygens (including phenoxy) is 2. The Morgan fingerprint density at radius 1 is 1.22 bits per heavy atom. The van der Waals surface area contributed by atoms with Gasteiger partial charge in [0.25, 0.3) is 0 Å². The van der Waals surface area contributed by atoms with Crippen molar-refractivity contribution in [3.63, 3.8) is 0 Å². The van der Waals surface area contributed by atoms with Crippen molar-refractivity contribution in [2.24, 2.45) is 5.92 Å². The van der Waals surface area contributed by atoms with Gasteiger partial charge in [-0.15, -0.1) is 0 Å². The van der Waals surface area contributed by atoms with Gasteiger partial charge >= 0.3 is 0 Å². The van der Waals surface area contributed by atoms with Crippen LogP contribution >= 0.6 is 15.9 Å². The molecule has 0 radical (unpaired) electrons. The van der Waals surface area contributed by atoms with Crippen LogP contribution in [-0.4, -0.2) is 32.8 Å². The molecule has 56 valence electrons. The topological polar surface area (TPSA) is 18.5 Å². The minimum atomic E-state index is 0.486. The highest BCUT2D eigenvalue weighted by molar-refractivity contribution is 9.09. The molecule has 0 fully saturated rings. The van der Waals surface area contributed by atoms with Crippen LogP contribution in [0.3, 0.4) is 0 Å². The Balaban J connectivity index is 3.18. The molecule has 0 N–H and O–H groups in total. The largest absolute Gasteiger partial charge is 0.384 e. The molecule has 0 aliphatic rings. The normalized spacial score (nSPS) is 10.7. The van der Waals surface area contributed by atoms with Gasteiger partial charge in [0.1, 0.15) is 0 Å². The number of rotatable bonds is 5. The first-order valence-corrected chi connectivity index (χ1v) is 4.01. The number of halogens is 1. The van der Waals surface area contributed by atoms with E-state index in [1.54, 1.807) is 14.2 Å². The van der Waals surface area contributed by atoms with E-state index in [0.717, 1.165) is 18.5 Å². The third-order valence-electron chi connectivity index (χ3n) is 1.02. The summed E-state index contributed by atoms with van der Waals surface area (Å²) in [4.78, 5) is 0. The number of hydrogen-bond donors (Lipinski definition) is 0. The Bertz CT molecular complexity index is 53.0. The van der Waals surface area contributed by atoms with Crippen LogP contribution in [0.2, 0.25) is 0 Å². The molecule has 0 amide bonds. The number of methoxy groups -OCH3 is 2. The summed E-state index contributed by atoms with van der Waals surface area (Å²) in [6.45, 7) is 1.53. The zero-order chi connectivity index (χ0) is 7.11. The van der Waals surface area contributed by atoms with Crippen LogP contribution in [0.5, 0.6) is 0 Å². The minimum absolute atomic E-state index is 0.486. The van der Waals surface area contributed by atoms with E-state index in [9.17, 15) is 0 Å². The van der Waals surface area contributed by atoms with Gasteiger partial charge in [0.15, 0.2) is 0 Å². The molecular formula is C6H13BrO2. The molecule has 0 aliphatic heterocycles. The van der Waals surface area contributed by atoms with E-state index >= 15 is 0 Å². The lowest BCUT2D eigenvalue weighted by molar-refractivity contribution is 0.0958. The van der Waals surface area contributed by atoms with E-state index in [1.807, 2.05) is 0 Å². The summed E-state index contributed by atoms with van der Waals surface area (Å²) in [5, 5.41) is 0.939. The van der Waals surface area contributed by atoms with Crippen LogP contribution in [0.15, 0.2) is 0 Å². The maximum Gasteiger partial charge on any atom is 0.0520 e. The highest BCUT2D eigenvalue weighted by atomic mass is 79.9. The fourth-order valence-corrected chi connectivity index (χ4v) is 0.982. The summed E-state index contributed by atoms with van der Waals surface area (Å²) in [5.41, 5.74) is 0. The smallest absolute Gasteiger partial charge is 0.0520 e. The fraction of sp³-hybridized carbons (Fsp3) is 1.00. The Kier molecular flexibility index (Phi) is 6.81. The second-order valence-corrected chi connectivity index (χ2v) is 2.58. The van der Waals surface area contributed by atoms with Crippen molar-refractivity contribution in [3.8, 4) is 0 Å². The van der Waals surface area contributed by atoms with Crippen LogP contribution in [0.4, 0.5) is 0 Å². The second-order valence-electron chi connectivity index (χ2n) is 1.93. The van der Waals surface area contributed by atoms with Crippen molar-refractivity contribution in [3.05, 3.63) is 0 Å². The van der Waals surface area contributed by atoms with Gasteiger partial charge in [-0.25, -0.2) is 0 Å². The van der Waals surface area contributed by atoms with Crippen molar-refractivity contribution in [1.82, 2.24) is 0 Å². The molecule has 0 spiro atoms. The van der Waals surface area contributed by atoms with Crippen molar-refractivity contribution < 1.29 is 9.47 Å². The van der Waals surface area contributed by atoms with Crippen molar-refractivity contribution in [2.75, 3.05) is 32.8 Å². The van der Waals surface area contributed by atoms with Gasteiger partial charge in [-0.2, -0.15) is 0 Å². The SMILES string of the molecule is COCC(CBr)COC. The summed E-state index contributed by atoms with van der Waals surface area (Å²) in [7, 11) is 3.40. The summed E-state index contributed by atoms with van der Waals surface area (Å²) in [6.07, 6.45) is 0. The average Bonchev–Trinajstić information content (AvgIpc) is 1.88. The van der Waals surface area contributed by atoms with E-state index in [4.69, 9.17) is 9.47 Å². The molecule has 0 aromatic rings. The summed E-state index contributed by atoms with van der Waals surface area (Å²) >= 11 is 3.36. The predicted molar refractivity (Wildman–Crippen MR) is 41.0 cm³/mol. The first-order chi connectivity index (χ1) is 4.35. The molecule has 0 unspecified atom stereocenters. The summed E-state index contributed by atoms with van der Waals surface area (Å²) in [6, 6.07) is 0. The lowest BCUT2D eigenvalue weighted by Crippen LogP contribution is -2.15. The number of hydrogen-bond acceptors (Lipinski definition) is 2. The molecule has 3 heteroatoms. The van der Waals surface area contributed by atoms with Crippen LogP contribution < -0.4 is 0 Å². The highest BCUT2D eigenvalue weighted by Gasteiger charge is 2.04. The van der Waals surface area contributed by atoms with E-state index in [0.29, 0.717) is 5.92 Å². The first-order valence-electron chi connectivity index (χ1n) is 2.89. The minimum Gasteiger partial charge on any atom is -0.384 e. The van der Waals surface area contributed by atoms with Crippen LogP contribution in [0.1, 0.15) is 0 Å². The molecule has 9 heavy (non-hydrogen) atoms. The maximum atomic E-state index is 4.94. The lowest BCUT2D eigenvalue weighted by Gasteiger charge is -2.09. The molecule has 0 aromatic carbocycles. The molecule has 0 saturated carbocycles. The molecule has 0 atom stereocenters. The van der Waals surface area contributed by atoms with Gasteiger partial charge in [0.05, 0.1) is 13.2 Å². The molecular weight excluding hydrogens is 184 g/mol. The van der Waals surface area contributed by atoms with E-state index in [1.165, 1.54) is 0 Å². The molecule has 2 nitrogen and oxygen atoms in total. The lowest BCUT2D eigenvalue weighted by atomic mass is 10.2. The Morgan fingerprint density at radius 3 is 1.89 bits per heavy atom. The average molecular weight is 197 g/mol. The summed E-state index contributed by atoms with van der Waals surface area (Å²) < 4.78 is 9.87. The Hall–Kier alpha value is 0.400. The molecule has 0 aliphatic carbocycles. The van der Waals surface area contributed by atoms with Gasteiger partial charge in [0.2, 0.25) is 0 Å². The quantitative estimate of drug-likeness (QED) is 0.618. The van der Waals surface area contributed by atoms with Gasteiger partial charge < -0.3 is 9.47 Å². The second kappa shape index (κ2) is 6.52. The van der Waals surface area contributed by atoms with Gasteiger partial charge in [-0.1, -0.05) is 15.9 Å². The Labute approximate surface area is 64.7 Å². The van der Waals surface area contributed by atoms with Crippen molar-refractivity contribution in [2.45, 2.75) is 0 Å². The van der Waals surface area contributed by atoms with Gasteiger partial charge in [-0.05, 0) is 0 Å². The van der Waals surface area contributed by atoms with E-state index in [-0.39, 0.29) is 0 Å². The van der Waals surface area contributed by atoms with Crippen molar-refractivity contribution in [1.29, 1.82) is 0 Å². The zero-order valence-electron chi connectivity index (χ0n) is 5.89. The maximum absolute atomic E-state index is 4.94. The van der Waals surface area contributed by atoms with E-state index in [2.05, 4.69) is 15.9 Å². The molecule has 0 bridgehead atoms. The van der Waals surface area contributed by atoms with Crippen molar-refractivity contribution >= 4 is 15.9 Å². The van der Waals surface area contributed by atoms with Crippen LogP contribution in [0.25, 0.3) is 0 Å². The molecule has 0 heterocycles. The number of alkyl halides is 1. The van der Waals surface area contributed by atoms with Crippen LogP contribution in [-0.2, 0) is 9.47 Å². The van der Waals surface area contributed by atoms with Crippen LogP contribution in [0, 0.1) is 5.92 Å². The third kappa shape index (κ3) is 4.88. The molecule has 0 saturated heterocycles. The third-order valence-corrected chi connectivity index (χ3v) is 1.94. The molecule has 0 aromatic heterocycles. The van der Waals surface area contributed by atoms with E-state index < -0.39 is 0 Å².